The second kappa shape index (κ2) is 6.08. The summed E-state index contributed by atoms with van der Waals surface area (Å²) >= 11 is 3.50. The van der Waals surface area contributed by atoms with Crippen LogP contribution in [-0.2, 0) is 0 Å². The van der Waals surface area contributed by atoms with Gasteiger partial charge in [0.2, 0.25) is 0 Å². The molecule has 0 aliphatic heterocycles. The van der Waals surface area contributed by atoms with E-state index >= 15 is 0 Å². The highest BCUT2D eigenvalue weighted by Crippen LogP contribution is 2.32. The average molecular weight is 330 g/mol. The molecular formula is C16H16BrN3. The molecule has 0 heterocycles. The first kappa shape index (κ1) is 14.6. The van der Waals surface area contributed by atoms with Crippen LogP contribution in [0.4, 0.5) is 11.4 Å². The van der Waals surface area contributed by atoms with Crippen molar-refractivity contribution in [1.82, 2.24) is 0 Å². The summed E-state index contributed by atoms with van der Waals surface area (Å²) in [5.74, 6) is 0. The lowest BCUT2D eigenvalue weighted by Gasteiger charge is -2.24. The molecule has 0 aromatic heterocycles. The fourth-order valence-corrected chi connectivity index (χ4v) is 2.44. The quantitative estimate of drug-likeness (QED) is 0.921. The molecule has 102 valence electrons. The van der Waals surface area contributed by atoms with Gasteiger partial charge in [0, 0.05) is 28.9 Å². The van der Waals surface area contributed by atoms with E-state index in [-0.39, 0.29) is 6.04 Å². The highest BCUT2D eigenvalue weighted by molar-refractivity contribution is 9.10. The van der Waals surface area contributed by atoms with Crippen molar-refractivity contribution in [1.29, 1.82) is 5.26 Å². The molecular weight excluding hydrogens is 314 g/mol. The molecule has 1 unspecified atom stereocenters. The summed E-state index contributed by atoms with van der Waals surface area (Å²) in [6.45, 7) is 1.97. The molecule has 2 rings (SSSR count). The van der Waals surface area contributed by atoms with Gasteiger partial charge in [-0.1, -0.05) is 22.0 Å². The predicted molar refractivity (Wildman–Crippen MR) is 86.0 cm³/mol. The van der Waals surface area contributed by atoms with E-state index in [0.717, 1.165) is 21.4 Å². The fourth-order valence-electron chi connectivity index (χ4n) is 2.09. The van der Waals surface area contributed by atoms with Gasteiger partial charge in [0.1, 0.15) is 0 Å². The fraction of sp³-hybridized carbons (Fsp3) is 0.188. The van der Waals surface area contributed by atoms with Crippen LogP contribution in [0, 0.1) is 11.3 Å². The second-order valence-electron chi connectivity index (χ2n) is 4.71. The van der Waals surface area contributed by atoms with E-state index in [1.54, 1.807) is 0 Å². The van der Waals surface area contributed by atoms with Crippen molar-refractivity contribution < 1.29 is 0 Å². The minimum atomic E-state index is -0.0427. The van der Waals surface area contributed by atoms with E-state index < -0.39 is 0 Å². The maximum absolute atomic E-state index is 8.85. The highest BCUT2D eigenvalue weighted by atomic mass is 79.9. The van der Waals surface area contributed by atoms with Gasteiger partial charge in [0.25, 0.3) is 0 Å². The van der Waals surface area contributed by atoms with E-state index in [9.17, 15) is 0 Å². The number of anilines is 2. The van der Waals surface area contributed by atoms with Crippen LogP contribution < -0.4 is 10.6 Å². The molecule has 1 atom stereocenters. The Morgan fingerprint density at radius 3 is 2.40 bits per heavy atom. The van der Waals surface area contributed by atoms with E-state index in [4.69, 9.17) is 11.0 Å². The van der Waals surface area contributed by atoms with Crippen LogP contribution >= 0.6 is 15.9 Å². The molecule has 2 N–H and O–H groups in total. The first-order chi connectivity index (χ1) is 9.52. The summed E-state index contributed by atoms with van der Waals surface area (Å²) in [5.41, 5.74) is 9.85. The van der Waals surface area contributed by atoms with Gasteiger partial charge in [-0.25, -0.2) is 0 Å². The highest BCUT2D eigenvalue weighted by Gasteiger charge is 2.12. The van der Waals surface area contributed by atoms with Crippen molar-refractivity contribution in [2.75, 3.05) is 11.9 Å². The Labute approximate surface area is 127 Å². The lowest BCUT2D eigenvalue weighted by atomic mass is 10.1. The van der Waals surface area contributed by atoms with Crippen LogP contribution in [0.2, 0.25) is 0 Å². The molecule has 0 radical (unpaired) electrons. The maximum Gasteiger partial charge on any atom is 0.0991 e. The number of halogens is 1. The lowest BCUT2D eigenvalue weighted by Crippen LogP contribution is -2.15. The Morgan fingerprint density at radius 1 is 1.20 bits per heavy atom. The van der Waals surface area contributed by atoms with Gasteiger partial charge in [-0.2, -0.15) is 5.26 Å². The number of rotatable bonds is 3. The van der Waals surface area contributed by atoms with Crippen molar-refractivity contribution >= 4 is 27.3 Å². The normalized spacial score (nSPS) is 11.8. The van der Waals surface area contributed by atoms with Crippen molar-refractivity contribution in [3.8, 4) is 6.07 Å². The van der Waals surface area contributed by atoms with Crippen molar-refractivity contribution in [2.24, 2.45) is 5.73 Å². The standard InChI is InChI=1S/C16H16BrN3/c1-11(19)15-8-5-13(17)9-16(15)20(2)14-6-3-12(10-18)4-7-14/h3-9,11H,19H2,1-2H3. The first-order valence-corrected chi connectivity index (χ1v) is 7.11. The summed E-state index contributed by atoms with van der Waals surface area (Å²) in [6.07, 6.45) is 0. The zero-order valence-corrected chi connectivity index (χ0v) is 13.1. The van der Waals surface area contributed by atoms with Crippen molar-refractivity contribution in [2.45, 2.75) is 13.0 Å². The van der Waals surface area contributed by atoms with Crippen LogP contribution in [0.5, 0.6) is 0 Å². The number of nitrogens with zero attached hydrogens (tertiary/aromatic N) is 2. The van der Waals surface area contributed by atoms with Gasteiger partial charge in [0.15, 0.2) is 0 Å². The molecule has 0 aliphatic carbocycles. The molecule has 0 aliphatic rings. The van der Waals surface area contributed by atoms with Crippen molar-refractivity contribution in [3.63, 3.8) is 0 Å². The molecule has 0 amide bonds. The molecule has 0 fully saturated rings. The topological polar surface area (TPSA) is 53.0 Å². The summed E-state index contributed by atoms with van der Waals surface area (Å²) in [5, 5.41) is 8.85. The summed E-state index contributed by atoms with van der Waals surface area (Å²) in [4.78, 5) is 2.07. The molecule has 2 aromatic carbocycles. The molecule has 3 nitrogen and oxygen atoms in total. The second-order valence-corrected chi connectivity index (χ2v) is 5.63. The molecule has 2 aromatic rings. The predicted octanol–water partition coefficient (Wildman–Crippen LogP) is 4.11. The van der Waals surface area contributed by atoms with Crippen LogP contribution in [0.15, 0.2) is 46.9 Å². The minimum Gasteiger partial charge on any atom is -0.344 e. The van der Waals surface area contributed by atoms with Gasteiger partial charge >= 0.3 is 0 Å². The van der Waals surface area contributed by atoms with Gasteiger partial charge < -0.3 is 10.6 Å². The Balaban J connectivity index is 2.44. The molecule has 0 saturated carbocycles. The number of benzene rings is 2. The Kier molecular flexibility index (Phi) is 4.43. The summed E-state index contributed by atoms with van der Waals surface area (Å²) in [7, 11) is 2.00. The van der Waals surface area contributed by atoms with Crippen LogP contribution in [0.1, 0.15) is 24.1 Å². The summed E-state index contributed by atoms with van der Waals surface area (Å²) < 4.78 is 1.01. The van der Waals surface area contributed by atoms with Gasteiger partial charge in [0.05, 0.1) is 11.6 Å². The first-order valence-electron chi connectivity index (χ1n) is 6.32. The van der Waals surface area contributed by atoms with Gasteiger partial charge in [-0.15, -0.1) is 0 Å². The number of nitrogens with two attached hydrogens (primary N) is 1. The number of nitriles is 1. The number of hydrogen-bond acceptors (Lipinski definition) is 3. The van der Waals surface area contributed by atoms with E-state index in [1.807, 2.05) is 50.4 Å². The zero-order chi connectivity index (χ0) is 14.7. The summed E-state index contributed by atoms with van der Waals surface area (Å²) in [6, 6.07) is 15.7. The Hall–Kier alpha value is -1.83. The third-order valence-electron chi connectivity index (χ3n) is 3.23. The molecule has 0 spiro atoms. The lowest BCUT2D eigenvalue weighted by molar-refractivity contribution is 0.815. The van der Waals surface area contributed by atoms with E-state index in [1.165, 1.54) is 0 Å². The SMILES string of the molecule is CC(N)c1ccc(Br)cc1N(C)c1ccc(C#N)cc1. The molecule has 0 bridgehead atoms. The van der Waals surface area contributed by atoms with Gasteiger partial charge in [-0.3, -0.25) is 0 Å². The maximum atomic E-state index is 8.85. The van der Waals surface area contributed by atoms with Crippen molar-refractivity contribution in [3.05, 3.63) is 58.1 Å². The van der Waals surface area contributed by atoms with Gasteiger partial charge in [-0.05, 0) is 48.9 Å². The van der Waals surface area contributed by atoms with Crippen LogP contribution in [-0.4, -0.2) is 7.05 Å². The van der Waals surface area contributed by atoms with Crippen LogP contribution in [0.25, 0.3) is 0 Å². The largest absolute Gasteiger partial charge is 0.344 e. The molecule has 0 saturated heterocycles. The van der Waals surface area contributed by atoms with Crippen LogP contribution in [0.3, 0.4) is 0 Å². The third kappa shape index (κ3) is 3.01. The average Bonchev–Trinajstić information content (AvgIpc) is 2.46. The number of hydrogen-bond donors (Lipinski definition) is 1. The van der Waals surface area contributed by atoms with E-state index in [2.05, 4.69) is 33.0 Å². The zero-order valence-electron chi connectivity index (χ0n) is 11.5. The van der Waals surface area contributed by atoms with E-state index in [0.29, 0.717) is 5.56 Å². The Bertz CT molecular complexity index is 642. The molecule has 4 heteroatoms. The smallest absolute Gasteiger partial charge is 0.0991 e. The third-order valence-corrected chi connectivity index (χ3v) is 3.72. The molecule has 20 heavy (non-hydrogen) atoms. The minimum absolute atomic E-state index is 0.0427. The monoisotopic (exact) mass is 329 g/mol. The Morgan fingerprint density at radius 2 is 1.85 bits per heavy atom.